The fraction of sp³-hybridized carbons (Fsp3) is 0.900. The molecule has 2 fully saturated rings. The third-order valence-electron chi connectivity index (χ3n) is 5.76. The summed E-state index contributed by atoms with van der Waals surface area (Å²) in [5.74, 6) is 3.34. The van der Waals surface area contributed by atoms with Gasteiger partial charge in [0.1, 0.15) is 0 Å². The van der Waals surface area contributed by atoms with Crippen LogP contribution in [-0.4, -0.2) is 75.0 Å². The van der Waals surface area contributed by atoms with Crippen LogP contribution in [0.15, 0.2) is 4.99 Å². The summed E-state index contributed by atoms with van der Waals surface area (Å²) in [4.78, 5) is 21.0. The van der Waals surface area contributed by atoms with Gasteiger partial charge in [-0.25, -0.2) is 0 Å². The molecular weight excluding hydrogens is 453 g/mol. The zero-order chi connectivity index (χ0) is 18.9. The van der Waals surface area contributed by atoms with Gasteiger partial charge in [-0.1, -0.05) is 13.8 Å². The minimum absolute atomic E-state index is 0. The van der Waals surface area contributed by atoms with Crippen molar-refractivity contribution in [3.63, 3.8) is 0 Å². The van der Waals surface area contributed by atoms with Crippen LogP contribution < -0.4 is 10.6 Å². The van der Waals surface area contributed by atoms with Gasteiger partial charge in [-0.05, 0) is 50.0 Å². The summed E-state index contributed by atoms with van der Waals surface area (Å²) in [5.41, 5.74) is 0. The highest BCUT2D eigenvalue weighted by atomic mass is 127. The van der Waals surface area contributed by atoms with E-state index in [9.17, 15) is 4.79 Å². The smallest absolute Gasteiger partial charge is 0.220 e. The van der Waals surface area contributed by atoms with Crippen molar-refractivity contribution in [2.45, 2.75) is 46.0 Å². The van der Waals surface area contributed by atoms with Crippen LogP contribution in [0.2, 0.25) is 0 Å². The van der Waals surface area contributed by atoms with E-state index in [1.54, 1.807) is 7.05 Å². The summed E-state index contributed by atoms with van der Waals surface area (Å²) < 4.78 is 0. The van der Waals surface area contributed by atoms with Gasteiger partial charge in [0.15, 0.2) is 5.96 Å². The number of likely N-dealkylation sites (tertiary alicyclic amines) is 2. The molecule has 2 rings (SSSR count). The van der Waals surface area contributed by atoms with Crippen molar-refractivity contribution in [3.8, 4) is 0 Å². The molecule has 0 aliphatic carbocycles. The molecule has 0 saturated carbocycles. The molecule has 2 saturated heterocycles. The van der Waals surface area contributed by atoms with E-state index in [4.69, 9.17) is 0 Å². The maximum atomic E-state index is 11.5. The lowest BCUT2D eigenvalue weighted by Gasteiger charge is -2.35. The topological polar surface area (TPSA) is 60.0 Å². The molecule has 0 aromatic carbocycles. The third-order valence-corrected chi connectivity index (χ3v) is 5.76. The Kier molecular flexibility index (Phi) is 11.6. The van der Waals surface area contributed by atoms with Gasteiger partial charge in [0.05, 0.1) is 0 Å². The van der Waals surface area contributed by atoms with Gasteiger partial charge in [-0.2, -0.15) is 0 Å². The Hall–Kier alpha value is -0.570. The summed E-state index contributed by atoms with van der Waals surface area (Å²) in [6, 6.07) is 0. The second-order valence-corrected chi connectivity index (χ2v) is 8.34. The number of carbonyl (C=O) groups excluding carboxylic acids is 1. The highest BCUT2D eigenvalue weighted by Crippen LogP contribution is 2.21. The summed E-state index contributed by atoms with van der Waals surface area (Å²) in [6.07, 6.45) is 5.32. The Balaban J connectivity index is 0.00000364. The molecule has 6 nitrogen and oxygen atoms in total. The number of carbonyl (C=O) groups is 1. The van der Waals surface area contributed by atoms with Gasteiger partial charge in [-0.15, -0.1) is 24.0 Å². The van der Waals surface area contributed by atoms with Crippen LogP contribution in [0.4, 0.5) is 0 Å². The second-order valence-electron chi connectivity index (χ2n) is 8.34. The van der Waals surface area contributed by atoms with Crippen LogP contribution in [0.25, 0.3) is 0 Å². The largest absolute Gasteiger partial charge is 0.359 e. The Morgan fingerprint density at radius 3 is 2.33 bits per heavy atom. The molecule has 1 amide bonds. The summed E-state index contributed by atoms with van der Waals surface area (Å²) in [5, 5.41) is 6.27. The lowest BCUT2D eigenvalue weighted by Crippen LogP contribution is -2.46. The summed E-state index contributed by atoms with van der Waals surface area (Å²) >= 11 is 0. The molecular formula is C20H40IN5O. The van der Waals surface area contributed by atoms with E-state index in [1.807, 2.05) is 7.05 Å². The van der Waals surface area contributed by atoms with Gasteiger partial charge < -0.3 is 20.4 Å². The van der Waals surface area contributed by atoms with Crippen molar-refractivity contribution in [2.24, 2.45) is 22.7 Å². The molecule has 0 aromatic rings. The Morgan fingerprint density at radius 1 is 1.15 bits per heavy atom. The molecule has 2 heterocycles. The molecule has 158 valence electrons. The van der Waals surface area contributed by atoms with Crippen LogP contribution in [0.1, 0.15) is 46.0 Å². The quantitative estimate of drug-likeness (QED) is 0.258. The molecule has 27 heavy (non-hydrogen) atoms. The fourth-order valence-corrected chi connectivity index (χ4v) is 4.52. The zero-order valence-electron chi connectivity index (χ0n) is 17.7. The van der Waals surface area contributed by atoms with Gasteiger partial charge in [0.2, 0.25) is 5.91 Å². The van der Waals surface area contributed by atoms with E-state index in [0.717, 1.165) is 56.7 Å². The highest BCUT2D eigenvalue weighted by molar-refractivity contribution is 14.0. The average molecular weight is 493 g/mol. The third kappa shape index (κ3) is 8.54. The molecule has 2 atom stereocenters. The number of nitrogens with zero attached hydrogens (tertiary/aromatic N) is 3. The maximum Gasteiger partial charge on any atom is 0.220 e. The van der Waals surface area contributed by atoms with Gasteiger partial charge in [-0.3, -0.25) is 9.79 Å². The molecule has 0 radical (unpaired) electrons. The van der Waals surface area contributed by atoms with Crippen molar-refractivity contribution in [1.82, 2.24) is 20.4 Å². The number of nitrogens with one attached hydrogen (secondary N) is 2. The predicted octanol–water partition coefficient (Wildman–Crippen LogP) is 2.40. The van der Waals surface area contributed by atoms with Crippen LogP contribution in [-0.2, 0) is 4.79 Å². The van der Waals surface area contributed by atoms with E-state index in [-0.39, 0.29) is 29.9 Å². The molecule has 0 bridgehead atoms. The molecule has 0 aromatic heterocycles. The Bertz CT molecular complexity index is 455. The average Bonchev–Trinajstić information content (AvgIpc) is 2.62. The number of hydrogen-bond acceptors (Lipinski definition) is 3. The summed E-state index contributed by atoms with van der Waals surface area (Å²) in [7, 11) is 3.58. The normalized spacial score (nSPS) is 25.0. The van der Waals surface area contributed by atoms with Crippen molar-refractivity contribution >= 4 is 35.8 Å². The number of rotatable bonds is 6. The number of halogens is 1. The number of piperidine rings is 2. The molecule has 7 heteroatoms. The van der Waals surface area contributed by atoms with E-state index in [0.29, 0.717) is 12.3 Å². The van der Waals surface area contributed by atoms with Crippen LogP contribution in [0.3, 0.4) is 0 Å². The lowest BCUT2D eigenvalue weighted by atomic mass is 9.92. The zero-order valence-corrected chi connectivity index (χ0v) is 20.0. The van der Waals surface area contributed by atoms with Crippen molar-refractivity contribution in [3.05, 3.63) is 0 Å². The number of guanidine groups is 1. The number of aliphatic imine (C=N–C) groups is 1. The molecule has 2 N–H and O–H groups in total. The van der Waals surface area contributed by atoms with E-state index in [2.05, 4.69) is 39.3 Å². The van der Waals surface area contributed by atoms with Crippen LogP contribution >= 0.6 is 24.0 Å². The molecule has 2 aliphatic heterocycles. The lowest BCUT2D eigenvalue weighted by molar-refractivity contribution is -0.121. The molecule has 2 aliphatic rings. The van der Waals surface area contributed by atoms with Crippen LogP contribution in [0, 0.1) is 17.8 Å². The standard InChI is InChI=1S/C20H39N5O.HI/c1-16-12-17(2)15-24(14-16)9-5-8-23-20(22-4)25-10-6-18(7-11-25)13-19(26)21-3;/h16-18H,5-15H2,1-4H3,(H,21,26)(H,22,23);1H. The van der Waals surface area contributed by atoms with Gasteiger partial charge >= 0.3 is 0 Å². The molecule has 0 spiro atoms. The first-order chi connectivity index (χ1) is 12.5. The van der Waals surface area contributed by atoms with Crippen LogP contribution in [0.5, 0.6) is 0 Å². The summed E-state index contributed by atoms with van der Waals surface area (Å²) in [6.45, 7) is 11.4. The predicted molar refractivity (Wildman–Crippen MR) is 124 cm³/mol. The fourth-order valence-electron chi connectivity index (χ4n) is 4.52. The van der Waals surface area contributed by atoms with Crippen molar-refractivity contribution in [2.75, 3.05) is 53.4 Å². The van der Waals surface area contributed by atoms with Gasteiger partial charge in [0.25, 0.3) is 0 Å². The minimum atomic E-state index is 0. The Morgan fingerprint density at radius 2 is 1.78 bits per heavy atom. The highest BCUT2D eigenvalue weighted by Gasteiger charge is 2.23. The van der Waals surface area contributed by atoms with E-state index >= 15 is 0 Å². The van der Waals surface area contributed by atoms with Crippen molar-refractivity contribution in [1.29, 1.82) is 0 Å². The number of hydrogen-bond donors (Lipinski definition) is 2. The Labute approximate surface area is 182 Å². The van der Waals surface area contributed by atoms with E-state index in [1.165, 1.54) is 26.1 Å². The van der Waals surface area contributed by atoms with E-state index < -0.39 is 0 Å². The SMILES string of the molecule is CN=C(NCCCN1CC(C)CC(C)C1)N1CCC(CC(=O)NC)CC1.I. The van der Waals surface area contributed by atoms with Gasteiger partial charge in [0, 0.05) is 53.2 Å². The monoisotopic (exact) mass is 493 g/mol. The maximum absolute atomic E-state index is 11.5. The molecule has 2 unspecified atom stereocenters. The number of amides is 1. The first-order valence-electron chi connectivity index (χ1n) is 10.4. The first-order valence-corrected chi connectivity index (χ1v) is 10.4. The minimum Gasteiger partial charge on any atom is -0.359 e. The van der Waals surface area contributed by atoms with Crippen molar-refractivity contribution < 1.29 is 4.79 Å². The first kappa shape index (κ1) is 24.5. The second kappa shape index (κ2) is 12.8.